The first-order chi connectivity index (χ1) is 47.6. The molecule has 1 saturated carbocycles. The molecule has 2 aromatic rings. The second kappa shape index (κ2) is 36.4. The SMILES string of the molecule is CC(=O)OC1[C@H](O[C@@H]2C(OC(C)=O)[C@H](N=[N+]=[N-])CC(N=[N+]=[N-])[C@H]2O[C@H]2OC(CN=[N+]=[N-])[C@@H](OC(C)=O)[C@H](OC(C)=O)C2N=[N+]=[N-])O[C@H](CO[C@@H]2O[C@H](CN=[N+]=[N-])[C@@H](OC(=O)c3ccccc3)C2OC(=O)c2ccccc2)[C@@H]1O[C@H]1O[C@@H](CN=[N+]=[N-])[C@@H](OC(C)=O)C(OC(C)=O)C1N=[N+]=[N-]. The van der Waals surface area contributed by atoms with E-state index in [0.29, 0.717) is 0 Å². The zero-order valence-corrected chi connectivity index (χ0v) is 52.8. The maximum Gasteiger partial charge on any atom is 0.338 e. The van der Waals surface area contributed by atoms with Gasteiger partial charge in [0.25, 0.3) is 0 Å². The highest BCUT2D eigenvalue weighted by atomic mass is 16.8. The van der Waals surface area contributed by atoms with E-state index in [1.165, 1.54) is 48.5 Å². The molecule has 0 aromatic heterocycles. The van der Waals surface area contributed by atoms with E-state index >= 15 is 0 Å². The first kappa shape index (κ1) is 75.4. The minimum Gasteiger partial charge on any atom is -0.459 e. The molecule has 5 aliphatic rings. The molecule has 23 atom stereocenters. The molecule has 4 aliphatic heterocycles. The fourth-order valence-corrected chi connectivity index (χ4v) is 11.3. The normalized spacial score (nSPS) is 31.9. The highest BCUT2D eigenvalue weighted by molar-refractivity contribution is 5.90. The van der Waals surface area contributed by atoms with Gasteiger partial charge in [-0.1, -0.05) is 72.2 Å². The van der Waals surface area contributed by atoms with E-state index in [1.54, 1.807) is 12.1 Å². The average molecular weight is 1390 g/mol. The minimum absolute atomic E-state index is 0.00797. The van der Waals surface area contributed by atoms with Crippen molar-refractivity contribution in [2.75, 3.05) is 26.2 Å². The molecule has 7 rings (SSSR count). The fraction of sp³-hybridized carbons (Fsp3) is 0.630. The maximum absolute atomic E-state index is 14.0. The predicted molar refractivity (Wildman–Crippen MR) is 318 cm³/mol. The summed E-state index contributed by atoms with van der Waals surface area (Å²) in [6, 6.07) is 7.69. The van der Waals surface area contributed by atoms with Crippen LogP contribution in [0.15, 0.2) is 96.5 Å². The molecule has 8 unspecified atom stereocenters. The Morgan fingerprint density at radius 2 is 0.697 bits per heavy atom. The lowest BCUT2D eigenvalue weighted by Crippen LogP contribution is -2.65. The lowest BCUT2D eigenvalue weighted by Gasteiger charge is -2.48. The zero-order chi connectivity index (χ0) is 71.9. The van der Waals surface area contributed by atoms with Crippen molar-refractivity contribution in [1.82, 2.24) is 0 Å². The average Bonchev–Trinajstić information content (AvgIpc) is 1.69. The molecule has 0 N–H and O–H groups in total. The summed E-state index contributed by atoms with van der Waals surface area (Å²) in [5.41, 5.74) is 68.6. The van der Waals surface area contributed by atoms with Crippen molar-refractivity contribution in [1.29, 1.82) is 0 Å². The number of nitrogens with zero attached hydrogens (tertiary/aromatic N) is 21. The first-order valence-electron chi connectivity index (χ1n) is 29.5. The van der Waals surface area contributed by atoms with Crippen LogP contribution in [-0.2, 0) is 105 Å². The summed E-state index contributed by atoms with van der Waals surface area (Å²) >= 11 is 0. The van der Waals surface area contributed by atoms with Crippen LogP contribution in [0.5, 0.6) is 0 Å². The van der Waals surface area contributed by atoms with Crippen LogP contribution in [0.4, 0.5) is 0 Å². The van der Waals surface area contributed by atoms with Crippen LogP contribution < -0.4 is 0 Å². The van der Waals surface area contributed by atoms with E-state index < -0.39 is 221 Å². The van der Waals surface area contributed by atoms with Crippen LogP contribution in [0, 0.1) is 0 Å². The lowest BCUT2D eigenvalue weighted by atomic mass is 9.83. The number of azide groups is 7. The van der Waals surface area contributed by atoms with Crippen LogP contribution in [0.1, 0.15) is 68.7 Å². The first-order valence-corrected chi connectivity index (χ1v) is 29.5. The van der Waals surface area contributed by atoms with Crippen molar-refractivity contribution in [2.45, 2.75) is 189 Å². The Bertz CT molecular complexity index is 3620. The van der Waals surface area contributed by atoms with Gasteiger partial charge in [0.15, 0.2) is 67.9 Å². The van der Waals surface area contributed by atoms with Gasteiger partial charge in [-0.25, -0.2) is 9.59 Å². The van der Waals surface area contributed by atoms with Gasteiger partial charge in [-0.3, -0.25) is 28.8 Å². The molecule has 2 aromatic carbocycles. The van der Waals surface area contributed by atoms with E-state index in [-0.39, 0.29) is 11.1 Å². The molecule has 5 fully saturated rings. The molecule has 99 heavy (non-hydrogen) atoms. The van der Waals surface area contributed by atoms with Crippen molar-refractivity contribution in [3.05, 3.63) is 145 Å². The molecule has 4 saturated heterocycles. The lowest BCUT2D eigenvalue weighted by molar-refractivity contribution is -0.309. The van der Waals surface area contributed by atoms with Crippen molar-refractivity contribution < 1.29 is 114 Å². The third-order valence-electron chi connectivity index (χ3n) is 15.0. The van der Waals surface area contributed by atoms with Gasteiger partial charge >= 0.3 is 47.8 Å². The molecule has 45 heteroatoms. The second-order valence-electron chi connectivity index (χ2n) is 21.6. The Morgan fingerprint density at radius 3 is 1.11 bits per heavy atom. The van der Waals surface area contributed by atoms with Gasteiger partial charge in [-0.05, 0) is 69.4 Å². The van der Waals surface area contributed by atoms with Crippen molar-refractivity contribution in [3.8, 4) is 0 Å². The number of benzene rings is 2. The zero-order valence-electron chi connectivity index (χ0n) is 52.8. The number of carbonyl (C=O) groups is 8. The standard InChI is InChI=1S/C54H61N21O24/c1-22(76)85-38-30(65-72-58)17-31(66-73-59)39(97-51-36(67-74-60)44(88-25(4)79)40(86-23(2)77)32(91-51)18-62-69-55)46(38)99-54-48(90-27(6)81)43(98-52-37(68-75-61)45(89-26(5)80)41(87-24(3)78)33(92-52)19-63-70-56)35(94-54)21-84-53-47(96-50(83)29-15-11-8-12-16-29)42(34(93-53)20-64-71-57)95-49(82)28-13-9-7-10-14-28/h7-16,30-48,51-54H,17-21H2,1-6H3/t30-,31?,32?,33+,34-,35-,36?,37?,38?,39-,40-,41-,42-,43+,44-,45?,46-,47?,48?,51-,52-,53-,54+/m1/s1. The Morgan fingerprint density at radius 1 is 0.364 bits per heavy atom. The molecule has 526 valence electrons. The van der Waals surface area contributed by atoms with Crippen LogP contribution in [0.3, 0.4) is 0 Å². The van der Waals surface area contributed by atoms with Gasteiger partial charge in [0.2, 0.25) is 0 Å². The summed E-state index contributed by atoms with van der Waals surface area (Å²) < 4.78 is 97.3. The highest BCUT2D eigenvalue weighted by Gasteiger charge is 2.60. The van der Waals surface area contributed by atoms with Gasteiger partial charge in [0, 0.05) is 75.9 Å². The third kappa shape index (κ3) is 19.9. The molecule has 0 amide bonds. The molecule has 0 bridgehead atoms. The molecule has 45 nitrogen and oxygen atoms in total. The summed E-state index contributed by atoms with van der Waals surface area (Å²) in [6.07, 6.45) is -36.4. The highest BCUT2D eigenvalue weighted by Crippen LogP contribution is 2.42. The molecule has 0 radical (unpaired) electrons. The van der Waals surface area contributed by atoms with E-state index in [9.17, 15) is 77.1 Å². The van der Waals surface area contributed by atoms with Gasteiger partial charge < -0.3 is 75.8 Å². The van der Waals surface area contributed by atoms with E-state index in [1.807, 2.05) is 0 Å². The summed E-state index contributed by atoms with van der Waals surface area (Å²) in [4.78, 5) is 126. The molecular weight excluding hydrogens is 1330 g/mol. The number of carbonyl (C=O) groups excluding carboxylic acids is 8. The van der Waals surface area contributed by atoms with E-state index in [4.69, 9.17) is 75.8 Å². The Labute approximate surface area is 556 Å². The van der Waals surface area contributed by atoms with Crippen LogP contribution in [-0.4, -0.2) is 215 Å². The Hall–Kier alpha value is -10.9. The minimum atomic E-state index is -2.25. The quantitative estimate of drug-likeness (QED) is 0.0290. The van der Waals surface area contributed by atoms with Gasteiger partial charge in [0.05, 0.1) is 55.6 Å². The summed E-state index contributed by atoms with van der Waals surface area (Å²) in [6.45, 7) is 2.60. The van der Waals surface area contributed by atoms with Gasteiger partial charge in [-0.2, -0.15) is 0 Å². The van der Waals surface area contributed by atoms with Gasteiger partial charge in [0.1, 0.15) is 54.8 Å². The summed E-state index contributed by atoms with van der Waals surface area (Å²) in [7, 11) is 0. The Kier molecular flexibility index (Phi) is 27.7. The number of hydrogen-bond donors (Lipinski definition) is 0. The summed E-state index contributed by atoms with van der Waals surface area (Å²) in [5, 5.41) is 25.8. The largest absolute Gasteiger partial charge is 0.459 e. The summed E-state index contributed by atoms with van der Waals surface area (Å²) in [5.74, 6) is -8.39. The van der Waals surface area contributed by atoms with Crippen molar-refractivity contribution in [3.63, 3.8) is 0 Å². The number of rotatable bonds is 29. The van der Waals surface area contributed by atoms with Crippen LogP contribution in [0.25, 0.3) is 73.1 Å². The molecular formula is C54H61N21O24. The number of ether oxygens (including phenoxy) is 16. The van der Waals surface area contributed by atoms with E-state index in [2.05, 4.69) is 70.2 Å². The monoisotopic (exact) mass is 1390 g/mol. The van der Waals surface area contributed by atoms with Gasteiger partial charge in [-0.15, -0.1) is 0 Å². The maximum atomic E-state index is 14.0. The smallest absolute Gasteiger partial charge is 0.338 e. The van der Waals surface area contributed by atoms with E-state index in [0.717, 1.165) is 41.5 Å². The molecule has 1 aliphatic carbocycles. The second-order valence-corrected chi connectivity index (χ2v) is 21.6. The Balaban J connectivity index is 1.42. The third-order valence-corrected chi connectivity index (χ3v) is 15.0. The van der Waals surface area contributed by atoms with Crippen molar-refractivity contribution >= 4 is 47.8 Å². The molecule has 4 heterocycles. The van der Waals surface area contributed by atoms with Crippen molar-refractivity contribution in [2.24, 2.45) is 35.8 Å². The number of esters is 8. The van der Waals surface area contributed by atoms with Crippen LogP contribution in [0.2, 0.25) is 0 Å². The van der Waals surface area contributed by atoms with Crippen LogP contribution >= 0.6 is 0 Å². The molecule has 0 spiro atoms. The fourth-order valence-electron chi connectivity index (χ4n) is 11.3. The topological polar surface area (TPSA) is 626 Å². The number of hydrogen-bond acceptors (Lipinski definition) is 31. The predicted octanol–water partition coefficient (Wildman–Crippen LogP) is 6.15.